The third kappa shape index (κ3) is 3.07. The molecule has 4 rings (SSSR count). The van der Waals surface area contributed by atoms with Crippen molar-refractivity contribution in [1.29, 1.82) is 0 Å². The van der Waals surface area contributed by atoms with Gasteiger partial charge >= 0.3 is 0 Å². The Hall–Kier alpha value is -1.81. The maximum atomic E-state index is 12.4. The first-order valence-corrected chi connectivity index (χ1v) is 9.12. The molecule has 4 heteroatoms. The van der Waals surface area contributed by atoms with Crippen LogP contribution in [0.1, 0.15) is 42.9 Å². The third-order valence-corrected chi connectivity index (χ3v) is 5.74. The van der Waals surface area contributed by atoms with E-state index in [0.717, 1.165) is 61.9 Å². The second-order valence-corrected chi connectivity index (χ2v) is 7.75. The minimum atomic E-state index is 0.0953. The fourth-order valence-corrected chi connectivity index (χ4v) is 4.04. The fraction of sp³-hybridized carbons (Fsp3) is 0.550. The van der Waals surface area contributed by atoms with Crippen molar-refractivity contribution in [3.05, 3.63) is 35.1 Å². The zero-order valence-electron chi connectivity index (χ0n) is 14.4. The fourth-order valence-electron chi connectivity index (χ4n) is 4.04. The molecule has 2 N–H and O–H groups in total. The molecule has 0 atom stereocenters. The highest BCUT2D eigenvalue weighted by atomic mass is 16.3. The topological polar surface area (TPSA) is 54.3 Å². The van der Waals surface area contributed by atoms with Gasteiger partial charge in [0.05, 0.1) is 12.7 Å². The molecule has 1 aromatic carbocycles. The molecule has 128 valence electrons. The van der Waals surface area contributed by atoms with Gasteiger partial charge < -0.3 is 15.1 Å². The Labute approximate surface area is 143 Å². The highest BCUT2D eigenvalue weighted by Crippen LogP contribution is 2.31. The Morgan fingerprint density at radius 1 is 1.25 bits per heavy atom. The Morgan fingerprint density at radius 2 is 2.00 bits per heavy atom. The third-order valence-electron chi connectivity index (χ3n) is 5.74. The number of piperidine rings is 1. The van der Waals surface area contributed by atoms with Gasteiger partial charge in [0.25, 0.3) is 0 Å². The summed E-state index contributed by atoms with van der Waals surface area (Å²) in [6.07, 6.45) is 7.92. The van der Waals surface area contributed by atoms with Crippen LogP contribution < -0.4 is 10.6 Å². The second-order valence-electron chi connectivity index (χ2n) is 7.75. The monoisotopic (exact) mass is 326 g/mol. The molecule has 0 saturated carbocycles. The van der Waals surface area contributed by atoms with Gasteiger partial charge in [0, 0.05) is 17.5 Å². The number of amides is 1. The molecule has 2 aromatic rings. The highest BCUT2D eigenvalue weighted by Gasteiger charge is 2.27. The summed E-state index contributed by atoms with van der Waals surface area (Å²) in [5.74, 6) is 0.0953. The number of aryl methyl sites for hydroxylation is 2. The molecule has 1 aliphatic heterocycles. The molecular formula is C20H26N2O2. The van der Waals surface area contributed by atoms with Gasteiger partial charge in [-0.05, 0) is 73.9 Å². The molecule has 0 bridgehead atoms. The summed E-state index contributed by atoms with van der Waals surface area (Å²) in [7, 11) is 0. The molecule has 24 heavy (non-hydrogen) atoms. The molecule has 1 fully saturated rings. The van der Waals surface area contributed by atoms with E-state index >= 15 is 0 Å². The molecule has 1 saturated heterocycles. The smallest absolute Gasteiger partial charge is 0.224 e. The van der Waals surface area contributed by atoms with E-state index in [1.165, 1.54) is 17.5 Å². The van der Waals surface area contributed by atoms with Crippen molar-refractivity contribution in [2.45, 2.75) is 45.4 Å². The van der Waals surface area contributed by atoms with Gasteiger partial charge in [-0.2, -0.15) is 0 Å². The van der Waals surface area contributed by atoms with Gasteiger partial charge in [0.15, 0.2) is 0 Å². The summed E-state index contributed by atoms with van der Waals surface area (Å²) in [6.45, 7) is 5.12. The van der Waals surface area contributed by atoms with Crippen LogP contribution in [-0.2, 0) is 24.1 Å². The standard InChI is InChI=1S/C20H26N2O2/c1-20(5-7-21-8-6-20)13-22-19(23)11-16-12-24-18-10-15-4-2-3-14(15)9-17(16)18/h9-10,12,21H,2-8,11,13H2,1H3,(H,22,23). The number of rotatable bonds is 4. The van der Waals surface area contributed by atoms with Crippen LogP contribution >= 0.6 is 0 Å². The summed E-state index contributed by atoms with van der Waals surface area (Å²) < 4.78 is 5.70. The first-order valence-electron chi connectivity index (χ1n) is 9.12. The minimum Gasteiger partial charge on any atom is -0.464 e. The van der Waals surface area contributed by atoms with E-state index in [0.29, 0.717) is 6.42 Å². The number of carbonyl (C=O) groups is 1. The minimum absolute atomic E-state index is 0.0953. The zero-order valence-corrected chi connectivity index (χ0v) is 14.4. The summed E-state index contributed by atoms with van der Waals surface area (Å²) >= 11 is 0. The van der Waals surface area contributed by atoms with E-state index in [1.54, 1.807) is 6.26 Å². The molecule has 4 nitrogen and oxygen atoms in total. The van der Waals surface area contributed by atoms with Crippen molar-refractivity contribution in [3.8, 4) is 0 Å². The SMILES string of the molecule is CC1(CNC(=O)Cc2coc3cc4c(cc23)CCC4)CCNCC1. The van der Waals surface area contributed by atoms with Crippen LogP contribution in [0.15, 0.2) is 22.8 Å². The van der Waals surface area contributed by atoms with Crippen LogP contribution in [0, 0.1) is 5.41 Å². The maximum absolute atomic E-state index is 12.4. The second kappa shape index (κ2) is 6.25. The van der Waals surface area contributed by atoms with Crippen LogP contribution in [0.2, 0.25) is 0 Å². The predicted octanol–water partition coefficient (Wildman–Crippen LogP) is 2.97. The van der Waals surface area contributed by atoms with Crippen molar-refractivity contribution in [2.75, 3.05) is 19.6 Å². The largest absolute Gasteiger partial charge is 0.464 e. The van der Waals surface area contributed by atoms with Crippen LogP contribution in [0.5, 0.6) is 0 Å². The first kappa shape index (κ1) is 15.7. The average Bonchev–Trinajstić information content (AvgIpc) is 3.18. The van der Waals surface area contributed by atoms with Crippen molar-refractivity contribution < 1.29 is 9.21 Å². The van der Waals surface area contributed by atoms with E-state index in [1.807, 2.05) is 0 Å². The molecule has 0 unspecified atom stereocenters. The van der Waals surface area contributed by atoms with Gasteiger partial charge in [-0.1, -0.05) is 6.92 Å². The van der Waals surface area contributed by atoms with Gasteiger partial charge in [-0.25, -0.2) is 0 Å². The van der Waals surface area contributed by atoms with Crippen molar-refractivity contribution in [2.24, 2.45) is 5.41 Å². The quantitative estimate of drug-likeness (QED) is 0.908. The number of benzene rings is 1. The molecule has 1 aromatic heterocycles. The van der Waals surface area contributed by atoms with Gasteiger partial charge in [-0.15, -0.1) is 0 Å². The summed E-state index contributed by atoms with van der Waals surface area (Å²) in [5, 5.41) is 7.63. The molecule has 0 spiro atoms. The number of hydrogen-bond donors (Lipinski definition) is 2. The van der Waals surface area contributed by atoms with Crippen LogP contribution in [0.3, 0.4) is 0 Å². The lowest BCUT2D eigenvalue weighted by molar-refractivity contribution is -0.121. The van der Waals surface area contributed by atoms with E-state index in [4.69, 9.17) is 4.42 Å². The lowest BCUT2D eigenvalue weighted by Gasteiger charge is -2.34. The van der Waals surface area contributed by atoms with E-state index in [9.17, 15) is 4.79 Å². The van der Waals surface area contributed by atoms with Crippen molar-refractivity contribution in [1.82, 2.24) is 10.6 Å². The zero-order chi connectivity index (χ0) is 16.6. The summed E-state index contributed by atoms with van der Waals surface area (Å²) in [6, 6.07) is 4.40. The Kier molecular flexibility index (Phi) is 4.09. The van der Waals surface area contributed by atoms with Crippen LogP contribution in [-0.4, -0.2) is 25.5 Å². The average molecular weight is 326 g/mol. The molecule has 1 aliphatic carbocycles. The Balaban J connectivity index is 1.43. The van der Waals surface area contributed by atoms with Crippen molar-refractivity contribution >= 4 is 16.9 Å². The van der Waals surface area contributed by atoms with Crippen LogP contribution in [0.25, 0.3) is 11.0 Å². The maximum Gasteiger partial charge on any atom is 0.224 e. The number of hydrogen-bond acceptors (Lipinski definition) is 3. The highest BCUT2D eigenvalue weighted by molar-refractivity contribution is 5.88. The van der Waals surface area contributed by atoms with E-state index in [2.05, 4.69) is 29.7 Å². The van der Waals surface area contributed by atoms with E-state index in [-0.39, 0.29) is 11.3 Å². The van der Waals surface area contributed by atoms with Crippen LogP contribution in [0.4, 0.5) is 0 Å². The molecule has 2 heterocycles. The molecule has 0 radical (unpaired) electrons. The summed E-state index contributed by atoms with van der Waals surface area (Å²) in [5.41, 5.74) is 4.98. The molecular weight excluding hydrogens is 300 g/mol. The predicted molar refractivity (Wildman–Crippen MR) is 95.2 cm³/mol. The lowest BCUT2D eigenvalue weighted by atomic mass is 9.81. The number of nitrogens with one attached hydrogen (secondary N) is 2. The number of carbonyl (C=O) groups excluding carboxylic acids is 1. The van der Waals surface area contributed by atoms with Gasteiger partial charge in [0.2, 0.25) is 5.91 Å². The molecule has 2 aliphatic rings. The lowest BCUT2D eigenvalue weighted by Crippen LogP contribution is -2.43. The van der Waals surface area contributed by atoms with Gasteiger partial charge in [0.1, 0.15) is 5.58 Å². The van der Waals surface area contributed by atoms with Crippen molar-refractivity contribution in [3.63, 3.8) is 0 Å². The molecule has 1 amide bonds. The number of fused-ring (bicyclic) bond motifs is 2. The first-order chi connectivity index (χ1) is 11.6. The summed E-state index contributed by atoms with van der Waals surface area (Å²) in [4.78, 5) is 12.4. The van der Waals surface area contributed by atoms with E-state index < -0.39 is 0 Å². The number of furan rings is 1. The van der Waals surface area contributed by atoms with Gasteiger partial charge in [-0.3, -0.25) is 4.79 Å². The normalized spacial score (nSPS) is 19.4. The Morgan fingerprint density at radius 3 is 2.79 bits per heavy atom. The Bertz CT molecular complexity index is 756.